The smallest absolute Gasteiger partial charge is 0.0643 e. The van der Waals surface area contributed by atoms with Gasteiger partial charge in [-0.1, -0.05) is 66.7 Å². The summed E-state index contributed by atoms with van der Waals surface area (Å²) in [5.74, 6) is 0. The molecule has 0 heterocycles. The average Bonchev–Trinajstić information content (AvgIpc) is 2.42. The van der Waals surface area contributed by atoms with Crippen LogP contribution in [0.1, 0.15) is 11.1 Å². The van der Waals surface area contributed by atoms with Gasteiger partial charge in [0, 0.05) is 7.05 Å². The van der Waals surface area contributed by atoms with E-state index in [4.69, 9.17) is 0 Å². The molecule has 0 fully saturated rings. The molecule has 0 amide bonds. The van der Waals surface area contributed by atoms with Crippen molar-refractivity contribution in [3.63, 3.8) is 0 Å². The van der Waals surface area contributed by atoms with Crippen LogP contribution >= 0.6 is 0 Å². The topological polar surface area (TPSA) is 12.4 Å². The monoisotopic (exact) mass is 221 g/mol. The number of rotatable bonds is 3. The summed E-state index contributed by atoms with van der Waals surface area (Å²) in [5, 5.41) is 0. The number of aliphatic imine (C=N–C) groups is 1. The lowest BCUT2D eigenvalue weighted by atomic mass is 10.1. The molecule has 84 valence electrons. The van der Waals surface area contributed by atoms with Crippen LogP contribution < -0.4 is 0 Å². The molecule has 0 saturated heterocycles. The van der Waals surface area contributed by atoms with Crippen LogP contribution in [0.4, 0.5) is 0 Å². The maximum absolute atomic E-state index is 4.30. The summed E-state index contributed by atoms with van der Waals surface area (Å²) in [6.45, 7) is 0. The molecule has 0 spiro atoms. The summed E-state index contributed by atoms with van der Waals surface area (Å²) in [4.78, 5) is 4.30. The molecule has 2 aromatic rings. The molecule has 0 saturated carbocycles. The van der Waals surface area contributed by atoms with Crippen LogP contribution in [0.15, 0.2) is 71.7 Å². The summed E-state index contributed by atoms with van der Waals surface area (Å²) < 4.78 is 0. The fraction of sp³-hybridized carbons (Fsp3) is 0.0625. The minimum atomic E-state index is 0.995. The molecule has 2 rings (SSSR count). The SMILES string of the molecule is CN=C(C=Cc1ccccc1)c1ccccc1. The molecule has 0 unspecified atom stereocenters. The molecule has 0 atom stereocenters. The van der Waals surface area contributed by atoms with Gasteiger partial charge in [0.15, 0.2) is 0 Å². The van der Waals surface area contributed by atoms with Crippen LogP contribution in [0.25, 0.3) is 6.08 Å². The third-order valence-corrected chi connectivity index (χ3v) is 2.54. The summed E-state index contributed by atoms with van der Waals surface area (Å²) in [5.41, 5.74) is 3.32. The molecule has 0 bridgehead atoms. The van der Waals surface area contributed by atoms with E-state index in [1.807, 2.05) is 49.5 Å². The lowest BCUT2D eigenvalue weighted by molar-refractivity contribution is 1.43. The third kappa shape index (κ3) is 3.15. The molecule has 0 N–H and O–H groups in total. The minimum absolute atomic E-state index is 0.995. The van der Waals surface area contributed by atoms with E-state index in [2.05, 4.69) is 35.3 Å². The standard InChI is InChI=1S/C16H15N/c1-17-16(15-10-6-3-7-11-15)13-12-14-8-4-2-5-9-14/h2-13H,1H3. The van der Waals surface area contributed by atoms with E-state index in [0.717, 1.165) is 11.3 Å². The van der Waals surface area contributed by atoms with E-state index in [1.165, 1.54) is 5.56 Å². The van der Waals surface area contributed by atoms with Gasteiger partial charge in [0.25, 0.3) is 0 Å². The van der Waals surface area contributed by atoms with Crippen LogP contribution in [0.5, 0.6) is 0 Å². The van der Waals surface area contributed by atoms with Crippen LogP contribution in [0, 0.1) is 0 Å². The summed E-state index contributed by atoms with van der Waals surface area (Å²) >= 11 is 0. The van der Waals surface area contributed by atoms with Gasteiger partial charge in [-0.25, -0.2) is 0 Å². The largest absolute Gasteiger partial charge is 0.288 e. The highest BCUT2D eigenvalue weighted by Crippen LogP contribution is 2.06. The molecule has 0 aliphatic rings. The Morgan fingerprint density at radius 2 is 1.47 bits per heavy atom. The first kappa shape index (κ1) is 11.3. The van der Waals surface area contributed by atoms with Crippen molar-refractivity contribution in [3.05, 3.63) is 77.9 Å². The van der Waals surface area contributed by atoms with Crippen molar-refractivity contribution >= 4 is 11.8 Å². The van der Waals surface area contributed by atoms with Gasteiger partial charge in [-0.15, -0.1) is 0 Å². The average molecular weight is 221 g/mol. The first-order valence-corrected chi connectivity index (χ1v) is 5.65. The van der Waals surface area contributed by atoms with Gasteiger partial charge in [0.05, 0.1) is 5.71 Å². The quantitative estimate of drug-likeness (QED) is 0.699. The zero-order valence-electron chi connectivity index (χ0n) is 9.88. The van der Waals surface area contributed by atoms with Gasteiger partial charge in [-0.2, -0.15) is 0 Å². The highest BCUT2D eigenvalue weighted by Gasteiger charge is 1.96. The lowest BCUT2D eigenvalue weighted by Crippen LogP contribution is -1.95. The van der Waals surface area contributed by atoms with Crippen molar-refractivity contribution in [2.45, 2.75) is 0 Å². The molecular weight excluding hydrogens is 206 g/mol. The second-order valence-electron chi connectivity index (χ2n) is 3.72. The molecule has 0 radical (unpaired) electrons. The van der Waals surface area contributed by atoms with Crippen molar-refractivity contribution < 1.29 is 0 Å². The number of hydrogen-bond acceptors (Lipinski definition) is 1. The molecule has 0 aromatic heterocycles. The summed E-state index contributed by atoms with van der Waals surface area (Å²) in [6.07, 6.45) is 4.12. The molecular formula is C16H15N. The van der Waals surface area contributed by atoms with Gasteiger partial charge < -0.3 is 0 Å². The number of hydrogen-bond donors (Lipinski definition) is 0. The second-order valence-corrected chi connectivity index (χ2v) is 3.72. The maximum atomic E-state index is 4.30. The van der Waals surface area contributed by atoms with Crippen molar-refractivity contribution in [3.8, 4) is 0 Å². The zero-order chi connectivity index (χ0) is 11.9. The van der Waals surface area contributed by atoms with Crippen molar-refractivity contribution in [2.75, 3.05) is 7.05 Å². The van der Waals surface area contributed by atoms with Crippen LogP contribution in [0.2, 0.25) is 0 Å². The van der Waals surface area contributed by atoms with Gasteiger partial charge in [0.2, 0.25) is 0 Å². The fourth-order valence-corrected chi connectivity index (χ4v) is 1.65. The molecule has 0 aliphatic carbocycles. The summed E-state index contributed by atoms with van der Waals surface area (Å²) in [7, 11) is 1.82. The van der Waals surface area contributed by atoms with Crippen molar-refractivity contribution in [2.24, 2.45) is 4.99 Å². The predicted octanol–water partition coefficient (Wildman–Crippen LogP) is 3.82. The van der Waals surface area contributed by atoms with E-state index >= 15 is 0 Å². The predicted molar refractivity (Wildman–Crippen MR) is 74.4 cm³/mol. The number of benzene rings is 2. The van der Waals surface area contributed by atoms with Gasteiger partial charge in [0.1, 0.15) is 0 Å². The summed E-state index contributed by atoms with van der Waals surface area (Å²) in [6, 6.07) is 20.4. The normalized spacial score (nSPS) is 11.9. The Kier molecular flexibility index (Phi) is 3.87. The Hall–Kier alpha value is -2.15. The Morgan fingerprint density at radius 3 is 2.06 bits per heavy atom. The second kappa shape index (κ2) is 5.80. The number of allylic oxidation sites excluding steroid dienone is 1. The van der Waals surface area contributed by atoms with E-state index in [-0.39, 0.29) is 0 Å². The molecule has 2 aromatic carbocycles. The molecule has 17 heavy (non-hydrogen) atoms. The number of nitrogens with zero attached hydrogens (tertiary/aromatic N) is 1. The minimum Gasteiger partial charge on any atom is -0.288 e. The molecule has 0 aliphatic heterocycles. The Bertz CT molecular complexity index is 510. The van der Waals surface area contributed by atoms with E-state index in [9.17, 15) is 0 Å². The van der Waals surface area contributed by atoms with Crippen LogP contribution in [-0.4, -0.2) is 12.8 Å². The van der Waals surface area contributed by atoms with Gasteiger partial charge >= 0.3 is 0 Å². The molecule has 1 nitrogen and oxygen atoms in total. The fourth-order valence-electron chi connectivity index (χ4n) is 1.65. The van der Waals surface area contributed by atoms with E-state index in [1.54, 1.807) is 0 Å². The zero-order valence-corrected chi connectivity index (χ0v) is 9.88. The third-order valence-electron chi connectivity index (χ3n) is 2.54. The van der Waals surface area contributed by atoms with Crippen molar-refractivity contribution in [1.82, 2.24) is 0 Å². The Morgan fingerprint density at radius 1 is 0.882 bits per heavy atom. The first-order valence-electron chi connectivity index (χ1n) is 5.65. The van der Waals surface area contributed by atoms with Gasteiger partial charge in [-0.05, 0) is 17.2 Å². The highest BCUT2D eigenvalue weighted by molar-refractivity contribution is 6.10. The Labute approximate surface area is 102 Å². The van der Waals surface area contributed by atoms with Gasteiger partial charge in [-0.3, -0.25) is 4.99 Å². The van der Waals surface area contributed by atoms with E-state index < -0.39 is 0 Å². The Balaban J connectivity index is 2.20. The highest BCUT2D eigenvalue weighted by atomic mass is 14.7. The van der Waals surface area contributed by atoms with Crippen LogP contribution in [-0.2, 0) is 0 Å². The lowest BCUT2D eigenvalue weighted by Gasteiger charge is -1.99. The maximum Gasteiger partial charge on any atom is 0.0643 e. The first-order chi connectivity index (χ1) is 8.40. The van der Waals surface area contributed by atoms with E-state index in [0.29, 0.717) is 0 Å². The van der Waals surface area contributed by atoms with Crippen LogP contribution in [0.3, 0.4) is 0 Å². The molecule has 1 heteroatoms. The van der Waals surface area contributed by atoms with Crippen molar-refractivity contribution in [1.29, 1.82) is 0 Å².